The van der Waals surface area contributed by atoms with Gasteiger partial charge in [-0.05, 0) is 62.3 Å². The maximum absolute atomic E-state index is 2.52. The van der Waals surface area contributed by atoms with E-state index in [0.29, 0.717) is 0 Å². The van der Waals surface area contributed by atoms with Crippen LogP contribution in [0.25, 0.3) is 0 Å². The normalized spacial score (nSPS) is 22.0. The van der Waals surface area contributed by atoms with Gasteiger partial charge in [-0.3, -0.25) is 0 Å². The highest BCUT2D eigenvalue weighted by molar-refractivity contribution is 5.14. The lowest BCUT2D eigenvalue weighted by molar-refractivity contribution is 0.463. The quantitative estimate of drug-likeness (QED) is 0.350. The molecule has 1 unspecified atom stereocenters. The third kappa shape index (κ3) is 6.22. The lowest BCUT2D eigenvalue weighted by atomic mass is 9.92. The number of allylic oxidation sites excluding steroid dienone is 4. The van der Waals surface area contributed by atoms with E-state index in [1.54, 1.807) is 0 Å². The maximum atomic E-state index is 2.52. The van der Waals surface area contributed by atoms with E-state index in [1.807, 2.05) is 0 Å². The maximum Gasteiger partial charge on any atom is -0.0202 e. The molecule has 0 N–H and O–H groups in total. The van der Waals surface area contributed by atoms with Crippen molar-refractivity contribution in [2.75, 3.05) is 0 Å². The molecule has 0 aromatic heterocycles. The second-order valence-corrected chi connectivity index (χ2v) is 6.66. The molecule has 0 heterocycles. The zero-order chi connectivity index (χ0) is 15.5. The number of benzene rings is 1. The van der Waals surface area contributed by atoms with Gasteiger partial charge in [0.15, 0.2) is 0 Å². The summed E-state index contributed by atoms with van der Waals surface area (Å²) in [6.07, 6.45) is 21.5. The van der Waals surface area contributed by atoms with Crippen LogP contribution in [-0.4, -0.2) is 0 Å². The molecule has 2 rings (SSSR count). The van der Waals surface area contributed by atoms with E-state index in [9.17, 15) is 0 Å². The van der Waals surface area contributed by atoms with E-state index in [1.165, 1.54) is 63.4 Å². The molecule has 0 aliphatic heterocycles. The third-order valence-electron chi connectivity index (χ3n) is 4.84. The molecule has 2 atom stereocenters. The molecule has 0 saturated heterocycles. The van der Waals surface area contributed by atoms with E-state index >= 15 is 0 Å². The average molecular weight is 296 g/mol. The van der Waals surface area contributed by atoms with Crippen LogP contribution in [0.5, 0.6) is 0 Å². The van der Waals surface area contributed by atoms with E-state index < -0.39 is 0 Å². The predicted octanol–water partition coefficient (Wildman–Crippen LogP) is 6.73. The topological polar surface area (TPSA) is 0 Å². The Morgan fingerprint density at radius 2 is 1.86 bits per heavy atom. The van der Waals surface area contributed by atoms with Gasteiger partial charge in [-0.1, -0.05) is 74.4 Å². The SMILES string of the molecule is CCC/C=C\C[C@H]1CCCC1/C=C/CCCc1ccccc1. The van der Waals surface area contributed by atoms with Crippen LogP contribution >= 0.6 is 0 Å². The van der Waals surface area contributed by atoms with Gasteiger partial charge in [0.2, 0.25) is 0 Å². The van der Waals surface area contributed by atoms with Crippen LogP contribution in [-0.2, 0) is 6.42 Å². The smallest absolute Gasteiger partial charge is 0.0202 e. The van der Waals surface area contributed by atoms with E-state index in [4.69, 9.17) is 0 Å². The van der Waals surface area contributed by atoms with Crippen molar-refractivity contribution in [3.8, 4) is 0 Å². The highest BCUT2D eigenvalue weighted by atomic mass is 14.3. The first-order chi connectivity index (χ1) is 10.9. The Morgan fingerprint density at radius 1 is 1.00 bits per heavy atom. The first kappa shape index (κ1) is 17.1. The number of hydrogen-bond acceptors (Lipinski definition) is 0. The van der Waals surface area contributed by atoms with Crippen LogP contribution < -0.4 is 0 Å². The predicted molar refractivity (Wildman–Crippen MR) is 98.0 cm³/mol. The molecule has 1 aliphatic rings. The van der Waals surface area contributed by atoms with Crippen LogP contribution in [0.2, 0.25) is 0 Å². The molecule has 1 saturated carbocycles. The van der Waals surface area contributed by atoms with Crippen molar-refractivity contribution in [2.24, 2.45) is 11.8 Å². The first-order valence-corrected chi connectivity index (χ1v) is 9.25. The van der Waals surface area contributed by atoms with Crippen LogP contribution in [0, 0.1) is 11.8 Å². The Kier molecular flexibility index (Phi) is 8.09. The van der Waals surface area contributed by atoms with Gasteiger partial charge in [-0.2, -0.15) is 0 Å². The molecule has 1 aromatic rings. The van der Waals surface area contributed by atoms with Crippen molar-refractivity contribution in [3.63, 3.8) is 0 Å². The highest BCUT2D eigenvalue weighted by Crippen LogP contribution is 2.35. The Bertz CT molecular complexity index is 440. The summed E-state index contributed by atoms with van der Waals surface area (Å²) >= 11 is 0. The minimum absolute atomic E-state index is 0.836. The Morgan fingerprint density at radius 3 is 2.68 bits per heavy atom. The summed E-state index contributed by atoms with van der Waals surface area (Å²) < 4.78 is 0. The zero-order valence-corrected chi connectivity index (χ0v) is 14.2. The van der Waals surface area contributed by atoms with Crippen molar-refractivity contribution in [3.05, 3.63) is 60.2 Å². The van der Waals surface area contributed by atoms with Crippen LogP contribution in [0.4, 0.5) is 0 Å². The first-order valence-electron chi connectivity index (χ1n) is 9.25. The summed E-state index contributed by atoms with van der Waals surface area (Å²) in [7, 11) is 0. The van der Waals surface area contributed by atoms with E-state index in [2.05, 4.69) is 61.6 Å². The van der Waals surface area contributed by atoms with Crippen molar-refractivity contribution < 1.29 is 0 Å². The number of hydrogen-bond donors (Lipinski definition) is 0. The monoisotopic (exact) mass is 296 g/mol. The molecule has 0 bridgehead atoms. The zero-order valence-electron chi connectivity index (χ0n) is 14.2. The summed E-state index contributed by atoms with van der Waals surface area (Å²) in [6.45, 7) is 2.25. The van der Waals surface area contributed by atoms with Gasteiger partial charge < -0.3 is 0 Å². The van der Waals surface area contributed by atoms with Gasteiger partial charge in [0.25, 0.3) is 0 Å². The van der Waals surface area contributed by atoms with Crippen molar-refractivity contribution in [1.82, 2.24) is 0 Å². The summed E-state index contributed by atoms with van der Waals surface area (Å²) in [5.41, 5.74) is 1.47. The largest absolute Gasteiger partial charge is 0.0885 e. The van der Waals surface area contributed by atoms with Gasteiger partial charge in [0.05, 0.1) is 0 Å². The molecule has 1 fully saturated rings. The van der Waals surface area contributed by atoms with E-state index in [0.717, 1.165) is 11.8 Å². The third-order valence-corrected chi connectivity index (χ3v) is 4.84. The Labute approximate surface area is 137 Å². The number of unbranched alkanes of at least 4 members (excludes halogenated alkanes) is 2. The second-order valence-electron chi connectivity index (χ2n) is 6.66. The van der Waals surface area contributed by atoms with Crippen LogP contribution in [0.15, 0.2) is 54.6 Å². The molecule has 0 heteroatoms. The summed E-state index contributed by atoms with van der Waals surface area (Å²) in [5, 5.41) is 0. The fraction of sp³-hybridized carbons (Fsp3) is 0.545. The molecule has 22 heavy (non-hydrogen) atoms. The molecule has 1 aliphatic carbocycles. The molecule has 1 aromatic carbocycles. The highest BCUT2D eigenvalue weighted by Gasteiger charge is 2.23. The average Bonchev–Trinajstić information content (AvgIpc) is 3.00. The Balaban J connectivity index is 1.65. The van der Waals surface area contributed by atoms with Gasteiger partial charge in [-0.25, -0.2) is 0 Å². The molecular weight excluding hydrogens is 264 g/mol. The summed E-state index contributed by atoms with van der Waals surface area (Å²) in [5.74, 6) is 1.74. The van der Waals surface area contributed by atoms with Crippen molar-refractivity contribution in [2.45, 2.75) is 64.7 Å². The molecule has 0 radical (unpaired) electrons. The Hall–Kier alpha value is -1.30. The van der Waals surface area contributed by atoms with Crippen molar-refractivity contribution in [1.29, 1.82) is 0 Å². The summed E-state index contributed by atoms with van der Waals surface area (Å²) in [6, 6.07) is 10.8. The minimum Gasteiger partial charge on any atom is -0.0885 e. The molecule has 0 spiro atoms. The standard InChI is InChI=1S/C22H32/c1-2-3-4-10-16-21-18-12-19-22(21)17-11-6-9-15-20-13-7-5-8-14-20/h4-5,7-8,10-11,13-14,17,21-22H,2-3,6,9,12,15-16,18-19H2,1H3/b10-4-,17-11+/t21-,22?/m0/s1. The molecule has 120 valence electrons. The molecular formula is C22H32. The minimum atomic E-state index is 0.836. The van der Waals surface area contributed by atoms with Gasteiger partial charge in [0, 0.05) is 0 Å². The lowest BCUT2D eigenvalue weighted by Gasteiger charge is -2.14. The summed E-state index contributed by atoms with van der Waals surface area (Å²) in [4.78, 5) is 0. The van der Waals surface area contributed by atoms with Crippen LogP contribution in [0.3, 0.4) is 0 Å². The fourth-order valence-electron chi connectivity index (χ4n) is 3.51. The van der Waals surface area contributed by atoms with Gasteiger partial charge in [0.1, 0.15) is 0 Å². The van der Waals surface area contributed by atoms with Crippen LogP contribution in [0.1, 0.15) is 63.9 Å². The second kappa shape index (κ2) is 10.4. The molecule has 0 nitrogen and oxygen atoms in total. The molecule has 0 amide bonds. The fourth-order valence-corrected chi connectivity index (χ4v) is 3.51. The van der Waals surface area contributed by atoms with Gasteiger partial charge >= 0.3 is 0 Å². The number of aryl methyl sites for hydroxylation is 1. The lowest BCUT2D eigenvalue weighted by Crippen LogP contribution is -2.03. The van der Waals surface area contributed by atoms with E-state index in [-0.39, 0.29) is 0 Å². The number of rotatable bonds is 9. The van der Waals surface area contributed by atoms with Gasteiger partial charge in [-0.15, -0.1) is 0 Å². The van der Waals surface area contributed by atoms with Crippen molar-refractivity contribution >= 4 is 0 Å².